The van der Waals surface area contributed by atoms with E-state index < -0.39 is 17.4 Å². The number of aliphatic hydroxyl groups is 2. The van der Waals surface area contributed by atoms with Gasteiger partial charge in [0.2, 0.25) is 5.95 Å². The van der Waals surface area contributed by atoms with Crippen LogP contribution in [0.1, 0.15) is 6.42 Å². The van der Waals surface area contributed by atoms with Crippen LogP contribution in [0.15, 0.2) is 11.1 Å². The zero-order valence-electron chi connectivity index (χ0n) is 9.91. The van der Waals surface area contributed by atoms with E-state index in [0.717, 1.165) is 0 Å². The van der Waals surface area contributed by atoms with Gasteiger partial charge in [0.1, 0.15) is 0 Å². The average molecular weight is 267 g/mol. The number of aliphatic hydroxyl groups excluding tert-OH is 1. The summed E-state index contributed by atoms with van der Waals surface area (Å²) in [5.74, 6) is -0.0551. The van der Waals surface area contributed by atoms with E-state index in [0.29, 0.717) is 0 Å². The molecule has 0 amide bonds. The number of hydrogen-bond donors (Lipinski definition) is 4. The van der Waals surface area contributed by atoms with Gasteiger partial charge in [0.25, 0.3) is 5.56 Å². The number of H-pyrrole nitrogens is 1. The lowest BCUT2D eigenvalue weighted by molar-refractivity contribution is -0.0415. The van der Waals surface area contributed by atoms with Crippen LogP contribution in [0.5, 0.6) is 0 Å². The van der Waals surface area contributed by atoms with Crippen molar-refractivity contribution in [2.45, 2.75) is 18.2 Å². The molecular formula is C10H13N5O4. The number of imidazole rings is 1. The van der Waals surface area contributed by atoms with Crippen LogP contribution in [0.25, 0.3) is 11.2 Å². The van der Waals surface area contributed by atoms with Crippen LogP contribution < -0.4 is 11.3 Å². The van der Waals surface area contributed by atoms with Gasteiger partial charge in [0.15, 0.2) is 16.9 Å². The molecule has 2 atom stereocenters. The van der Waals surface area contributed by atoms with Crippen LogP contribution in [0.4, 0.5) is 5.95 Å². The molecule has 5 N–H and O–H groups in total. The molecule has 0 radical (unpaired) electrons. The molecule has 1 saturated heterocycles. The number of nitrogen functional groups attached to an aromatic ring is 1. The zero-order chi connectivity index (χ0) is 13.6. The molecule has 102 valence electrons. The van der Waals surface area contributed by atoms with E-state index in [1.54, 1.807) is 0 Å². The van der Waals surface area contributed by atoms with Gasteiger partial charge in [-0.15, -0.1) is 0 Å². The largest absolute Gasteiger partial charge is 0.394 e. The SMILES string of the molecule is Nc1nc2c(ncn2[C@]2(O)CO[C@H](CO)C2)c(=O)[nH]1. The van der Waals surface area contributed by atoms with Crippen LogP contribution in [-0.4, -0.2) is 49.0 Å². The molecule has 1 aliphatic rings. The van der Waals surface area contributed by atoms with E-state index in [9.17, 15) is 9.90 Å². The van der Waals surface area contributed by atoms with Crippen LogP contribution >= 0.6 is 0 Å². The highest BCUT2D eigenvalue weighted by Crippen LogP contribution is 2.30. The number of rotatable bonds is 2. The molecule has 0 spiro atoms. The lowest BCUT2D eigenvalue weighted by Crippen LogP contribution is -2.34. The highest BCUT2D eigenvalue weighted by Gasteiger charge is 2.41. The first-order valence-corrected chi connectivity index (χ1v) is 5.72. The average Bonchev–Trinajstić information content (AvgIpc) is 2.93. The number of anilines is 1. The molecule has 2 aromatic heterocycles. The van der Waals surface area contributed by atoms with Crippen molar-refractivity contribution in [2.75, 3.05) is 18.9 Å². The number of ether oxygens (including phenoxy) is 1. The lowest BCUT2D eigenvalue weighted by atomic mass is 10.1. The molecule has 1 aliphatic heterocycles. The summed E-state index contributed by atoms with van der Waals surface area (Å²) in [6.07, 6.45) is 1.04. The summed E-state index contributed by atoms with van der Waals surface area (Å²) in [6, 6.07) is 0. The fourth-order valence-electron chi connectivity index (χ4n) is 2.25. The molecule has 0 aromatic carbocycles. The normalized spacial score (nSPS) is 27.2. The Morgan fingerprint density at radius 2 is 2.47 bits per heavy atom. The molecule has 0 unspecified atom stereocenters. The van der Waals surface area contributed by atoms with Gasteiger partial charge in [0, 0.05) is 6.42 Å². The molecule has 0 bridgehead atoms. The maximum absolute atomic E-state index is 11.6. The first kappa shape index (κ1) is 12.1. The second kappa shape index (κ2) is 4.02. The Balaban J connectivity index is 2.14. The Kier molecular flexibility index (Phi) is 2.55. The minimum Gasteiger partial charge on any atom is -0.394 e. The van der Waals surface area contributed by atoms with Gasteiger partial charge >= 0.3 is 0 Å². The smallest absolute Gasteiger partial charge is 0.280 e. The Bertz CT molecular complexity index is 680. The number of aromatic nitrogens is 4. The number of nitrogens with one attached hydrogen (secondary N) is 1. The Morgan fingerprint density at radius 3 is 3.16 bits per heavy atom. The van der Waals surface area contributed by atoms with Crippen LogP contribution in [0.2, 0.25) is 0 Å². The number of nitrogens with zero attached hydrogens (tertiary/aromatic N) is 3. The minimum atomic E-state index is -1.39. The van der Waals surface area contributed by atoms with Gasteiger partial charge in [-0.25, -0.2) is 4.98 Å². The highest BCUT2D eigenvalue weighted by atomic mass is 16.5. The molecule has 9 nitrogen and oxygen atoms in total. The molecular weight excluding hydrogens is 254 g/mol. The Labute approximate surface area is 106 Å². The molecule has 9 heteroatoms. The number of fused-ring (bicyclic) bond motifs is 1. The molecule has 0 saturated carbocycles. The van der Waals surface area contributed by atoms with Crippen molar-refractivity contribution in [1.29, 1.82) is 0 Å². The predicted octanol–water partition coefficient (Wildman–Crippen LogP) is -1.87. The number of nitrogens with two attached hydrogens (primary N) is 1. The third kappa shape index (κ3) is 1.79. The predicted molar refractivity (Wildman–Crippen MR) is 64.2 cm³/mol. The standard InChI is InChI=1S/C10H13N5O4/c11-9-13-7-6(8(17)14-9)12-4-15(7)10(18)1-5(2-16)19-3-10/h4-5,16,18H,1-3H2,(H3,11,13,14,17)/t5-,10+/m0/s1. The Morgan fingerprint density at radius 1 is 1.68 bits per heavy atom. The second-order valence-electron chi connectivity index (χ2n) is 4.54. The number of hydrogen-bond acceptors (Lipinski definition) is 7. The maximum Gasteiger partial charge on any atom is 0.280 e. The minimum absolute atomic E-state index is 0.0158. The molecule has 19 heavy (non-hydrogen) atoms. The van der Waals surface area contributed by atoms with E-state index in [1.807, 2.05) is 0 Å². The van der Waals surface area contributed by atoms with E-state index in [4.69, 9.17) is 15.6 Å². The summed E-state index contributed by atoms with van der Waals surface area (Å²) in [5.41, 5.74) is 3.90. The van der Waals surface area contributed by atoms with E-state index in [1.165, 1.54) is 10.9 Å². The fraction of sp³-hybridized carbons (Fsp3) is 0.500. The van der Waals surface area contributed by atoms with Crippen molar-refractivity contribution in [1.82, 2.24) is 19.5 Å². The fourth-order valence-corrected chi connectivity index (χ4v) is 2.25. The highest BCUT2D eigenvalue weighted by molar-refractivity contribution is 5.70. The summed E-state index contributed by atoms with van der Waals surface area (Å²) in [7, 11) is 0. The van der Waals surface area contributed by atoms with Crippen molar-refractivity contribution in [3.8, 4) is 0 Å². The first-order chi connectivity index (χ1) is 9.03. The van der Waals surface area contributed by atoms with Crippen molar-refractivity contribution in [2.24, 2.45) is 0 Å². The van der Waals surface area contributed by atoms with Crippen molar-refractivity contribution in [3.63, 3.8) is 0 Å². The van der Waals surface area contributed by atoms with E-state index in [-0.39, 0.29) is 36.7 Å². The molecule has 0 aliphatic carbocycles. The van der Waals surface area contributed by atoms with Crippen molar-refractivity contribution in [3.05, 3.63) is 16.7 Å². The van der Waals surface area contributed by atoms with Gasteiger partial charge in [-0.2, -0.15) is 4.98 Å². The van der Waals surface area contributed by atoms with Gasteiger partial charge < -0.3 is 20.7 Å². The van der Waals surface area contributed by atoms with Crippen molar-refractivity contribution < 1.29 is 14.9 Å². The first-order valence-electron chi connectivity index (χ1n) is 5.72. The van der Waals surface area contributed by atoms with E-state index >= 15 is 0 Å². The number of aromatic amines is 1. The summed E-state index contributed by atoms with van der Waals surface area (Å²) in [6.45, 7) is -0.205. The van der Waals surface area contributed by atoms with Gasteiger partial charge in [0.05, 0.1) is 25.6 Å². The third-order valence-electron chi connectivity index (χ3n) is 3.18. The van der Waals surface area contributed by atoms with Crippen LogP contribution in [-0.2, 0) is 10.5 Å². The summed E-state index contributed by atoms with van der Waals surface area (Å²) < 4.78 is 6.61. The topological polar surface area (TPSA) is 139 Å². The lowest BCUT2D eigenvalue weighted by Gasteiger charge is -2.22. The van der Waals surface area contributed by atoms with Gasteiger partial charge in [-0.05, 0) is 0 Å². The van der Waals surface area contributed by atoms with E-state index in [2.05, 4.69) is 15.0 Å². The zero-order valence-corrected chi connectivity index (χ0v) is 9.91. The molecule has 3 heterocycles. The maximum atomic E-state index is 11.6. The summed E-state index contributed by atoms with van der Waals surface area (Å²) >= 11 is 0. The van der Waals surface area contributed by atoms with Crippen LogP contribution in [0, 0.1) is 0 Å². The van der Waals surface area contributed by atoms with Crippen LogP contribution in [0.3, 0.4) is 0 Å². The van der Waals surface area contributed by atoms with Gasteiger partial charge in [-0.3, -0.25) is 14.3 Å². The van der Waals surface area contributed by atoms with Crippen molar-refractivity contribution >= 4 is 17.1 Å². The monoisotopic (exact) mass is 267 g/mol. The summed E-state index contributed by atoms with van der Waals surface area (Å²) in [4.78, 5) is 21.9. The third-order valence-corrected chi connectivity index (χ3v) is 3.18. The second-order valence-corrected chi connectivity index (χ2v) is 4.54. The molecule has 1 fully saturated rings. The summed E-state index contributed by atoms with van der Waals surface area (Å²) in [5, 5.41) is 19.6. The molecule has 2 aromatic rings. The Hall–Kier alpha value is -1.97. The van der Waals surface area contributed by atoms with Gasteiger partial charge in [-0.1, -0.05) is 0 Å². The quantitative estimate of drug-likeness (QED) is 0.499. The molecule has 3 rings (SSSR count).